The third-order valence-electron chi connectivity index (χ3n) is 6.20. The quantitative estimate of drug-likeness (QED) is 0.516. The van der Waals surface area contributed by atoms with Crippen LogP contribution in [-0.2, 0) is 17.6 Å². The summed E-state index contributed by atoms with van der Waals surface area (Å²) in [5.74, 6) is 0.475. The van der Waals surface area contributed by atoms with Crippen LogP contribution < -0.4 is 16.4 Å². The zero-order chi connectivity index (χ0) is 20.1. The number of anilines is 1. The molecule has 0 bridgehead atoms. The van der Waals surface area contributed by atoms with Gasteiger partial charge in [-0.2, -0.15) is 0 Å². The van der Waals surface area contributed by atoms with E-state index in [1.165, 1.54) is 29.5 Å². The van der Waals surface area contributed by atoms with Gasteiger partial charge in [-0.15, -0.1) is 0 Å². The topological polar surface area (TPSA) is 71.7 Å². The lowest BCUT2D eigenvalue weighted by atomic mass is 9.88. The lowest BCUT2D eigenvalue weighted by Crippen LogP contribution is -2.53. The summed E-state index contributed by atoms with van der Waals surface area (Å²) in [4.78, 5) is 4.72. The molecule has 1 aliphatic carbocycles. The molecule has 1 atom stereocenters. The maximum absolute atomic E-state index is 6.25. The van der Waals surface area contributed by atoms with Gasteiger partial charge in [0.15, 0.2) is 5.96 Å². The minimum atomic E-state index is -0.0995. The van der Waals surface area contributed by atoms with Crippen molar-refractivity contribution in [3.8, 4) is 0 Å². The minimum Gasteiger partial charge on any atom is -0.381 e. The molecule has 0 amide bonds. The second-order valence-corrected chi connectivity index (χ2v) is 8.33. The lowest BCUT2D eigenvalue weighted by molar-refractivity contribution is 0.0375. The molecule has 0 radical (unpaired) electrons. The predicted molar refractivity (Wildman–Crippen MR) is 119 cm³/mol. The van der Waals surface area contributed by atoms with E-state index in [-0.39, 0.29) is 11.6 Å². The number of nitrogens with two attached hydrogens (primary N) is 1. The first kappa shape index (κ1) is 19.9. The number of aliphatic imine (C=N–C) groups is 1. The fourth-order valence-electron chi connectivity index (χ4n) is 4.47. The van der Waals surface area contributed by atoms with E-state index < -0.39 is 0 Å². The van der Waals surface area contributed by atoms with E-state index in [9.17, 15) is 0 Å². The highest BCUT2D eigenvalue weighted by Crippen LogP contribution is 2.27. The number of rotatable bonds is 6. The van der Waals surface area contributed by atoms with Gasteiger partial charge in [0.05, 0.1) is 6.54 Å². The zero-order valence-electron chi connectivity index (χ0n) is 17.3. The van der Waals surface area contributed by atoms with Crippen LogP contribution in [0.1, 0.15) is 48.9 Å². The molecule has 5 heteroatoms. The Morgan fingerprint density at radius 1 is 1.10 bits per heavy atom. The molecule has 2 aromatic carbocycles. The molecule has 4 N–H and O–H groups in total. The molecular weight excluding hydrogens is 360 g/mol. The van der Waals surface area contributed by atoms with Gasteiger partial charge in [0.1, 0.15) is 0 Å². The molecule has 154 valence electrons. The van der Waals surface area contributed by atoms with Crippen LogP contribution in [0.3, 0.4) is 0 Å². The van der Waals surface area contributed by atoms with E-state index in [1.54, 1.807) is 0 Å². The van der Waals surface area contributed by atoms with Gasteiger partial charge in [0.25, 0.3) is 0 Å². The standard InChI is InChI=1S/C24H32N4O/c1-18(19-6-3-2-4-7-19)28-24(12-14-29-15-13-24)17-26-23(25)27-22-11-10-20-8-5-9-21(20)16-22/h2-4,6-7,10-11,16,18,28H,5,8-9,12-15,17H2,1H3,(H3,25,26,27). The Bertz CT molecular complexity index is 843. The summed E-state index contributed by atoms with van der Waals surface area (Å²) < 4.78 is 5.62. The van der Waals surface area contributed by atoms with Crippen molar-refractivity contribution in [3.63, 3.8) is 0 Å². The van der Waals surface area contributed by atoms with E-state index in [0.717, 1.165) is 38.2 Å². The lowest BCUT2D eigenvalue weighted by Gasteiger charge is -2.39. The molecule has 1 fully saturated rings. The van der Waals surface area contributed by atoms with Crippen LogP contribution in [0.15, 0.2) is 53.5 Å². The Hall–Kier alpha value is -2.37. The smallest absolute Gasteiger partial charge is 0.193 e. The summed E-state index contributed by atoms with van der Waals surface area (Å²) in [6.07, 6.45) is 5.46. The molecule has 1 aliphatic heterocycles. The number of guanidine groups is 1. The van der Waals surface area contributed by atoms with Crippen molar-refractivity contribution in [2.24, 2.45) is 10.7 Å². The van der Waals surface area contributed by atoms with Crippen molar-refractivity contribution < 1.29 is 4.74 Å². The third kappa shape index (κ3) is 4.98. The summed E-state index contributed by atoms with van der Waals surface area (Å²) in [7, 11) is 0. The Morgan fingerprint density at radius 3 is 2.66 bits per heavy atom. The zero-order valence-corrected chi connectivity index (χ0v) is 17.3. The van der Waals surface area contributed by atoms with Gasteiger partial charge in [-0.3, -0.25) is 4.99 Å². The van der Waals surface area contributed by atoms with Crippen LogP contribution in [0, 0.1) is 0 Å². The highest BCUT2D eigenvalue weighted by atomic mass is 16.5. The fourth-order valence-corrected chi connectivity index (χ4v) is 4.47. The number of ether oxygens (including phenoxy) is 1. The number of aryl methyl sites for hydroxylation is 2. The summed E-state index contributed by atoms with van der Waals surface area (Å²) in [6.45, 7) is 4.35. The Morgan fingerprint density at radius 2 is 1.86 bits per heavy atom. The molecule has 0 spiro atoms. The van der Waals surface area contributed by atoms with E-state index in [2.05, 4.69) is 66.1 Å². The maximum Gasteiger partial charge on any atom is 0.193 e. The van der Waals surface area contributed by atoms with Gasteiger partial charge in [-0.05, 0) is 67.9 Å². The second kappa shape index (κ2) is 8.97. The first-order valence-electron chi connectivity index (χ1n) is 10.7. The minimum absolute atomic E-state index is 0.0995. The number of nitrogens with one attached hydrogen (secondary N) is 2. The number of hydrogen-bond acceptors (Lipinski definition) is 3. The van der Waals surface area contributed by atoms with Gasteiger partial charge in [-0.1, -0.05) is 36.4 Å². The molecule has 1 heterocycles. The maximum atomic E-state index is 6.25. The fraction of sp³-hybridized carbons (Fsp3) is 0.458. The van der Waals surface area contributed by atoms with Gasteiger partial charge >= 0.3 is 0 Å². The highest BCUT2D eigenvalue weighted by molar-refractivity contribution is 5.92. The molecule has 29 heavy (non-hydrogen) atoms. The predicted octanol–water partition coefficient (Wildman–Crippen LogP) is 3.80. The average molecular weight is 393 g/mol. The van der Waals surface area contributed by atoms with Crippen molar-refractivity contribution in [2.45, 2.75) is 50.6 Å². The van der Waals surface area contributed by atoms with Crippen molar-refractivity contribution in [1.82, 2.24) is 5.32 Å². The summed E-state index contributed by atoms with van der Waals surface area (Å²) in [5.41, 5.74) is 11.4. The first-order valence-corrected chi connectivity index (χ1v) is 10.7. The molecular formula is C24H32N4O. The van der Waals surface area contributed by atoms with Crippen molar-refractivity contribution in [2.75, 3.05) is 25.1 Å². The molecule has 1 saturated heterocycles. The Balaban J connectivity index is 1.43. The van der Waals surface area contributed by atoms with Crippen LogP contribution in [0.5, 0.6) is 0 Å². The van der Waals surface area contributed by atoms with Crippen LogP contribution in [0.4, 0.5) is 5.69 Å². The van der Waals surface area contributed by atoms with Gasteiger partial charge in [0, 0.05) is 30.5 Å². The molecule has 2 aliphatic rings. The molecule has 0 aromatic heterocycles. The largest absolute Gasteiger partial charge is 0.381 e. The monoisotopic (exact) mass is 392 g/mol. The highest BCUT2D eigenvalue weighted by Gasteiger charge is 2.33. The Kier molecular flexibility index (Phi) is 6.16. The van der Waals surface area contributed by atoms with Crippen molar-refractivity contribution >= 4 is 11.6 Å². The summed E-state index contributed by atoms with van der Waals surface area (Å²) in [6, 6.07) is 17.3. The van der Waals surface area contributed by atoms with Crippen LogP contribution >= 0.6 is 0 Å². The van der Waals surface area contributed by atoms with Crippen LogP contribution in [0.25, 0.3) is 0 Å². The van der Waals surface area contributed by atoms with E-state index >= 15 is 0 Å². The molecule has 2 aromatic rings. The van der Waals surface area contributed by atoms with Crippen molar-refractivity contribution in [3.05, 3.63) is 65.2 Å². The van der Waals surface area contributed by atoms with E-state index in [1.807, 2.05) is 0 Å². The Labute approximate surface area is 173 Å². The normalized spacial score (nSPS) is 19.6. The molecule has 0 saturated carbocycles. The molecule has 1 unspecified atom stereocenters. The average Bonchev–Trinajstić information content (AvgIpc) is 3.22. The van der Waals surface area contributed by atoms with E-state index in [0.29, 0.717) is 12.5 Å². The van der Waals surface area contributed by atoms with Gasteiger partial charge < -0.3 is 21.1 Å². The molecule has 4 rings (SSSR count). The van der Waals surface area contributed by atoms with E-state index in [4.69, 9.17) is 15.5 Å². The second-order valence-electron chi connectivity index (χ2n) is 8.33. The summed E-state index contributed by atoms with van der Waals surface area (Å²) >= 11 is 0. The number of fused-ring (bicyclic) bond motifs is 1. The summed E-state index contributed by atoms with van der Waals surface area (Å²) in [5, 5.41) is 7.11. The van der Waals surface area contributed by atoms with Crippen molar-refractivity contribution in [1.29, 1.82) is 0 Å². The number of nitrogens with zero attached hydrogens (tertiary/aromatic N) is 1. The first-order chi connectivity index (χ1) is 14.1. The molecule has 5 nitrogen and oxygen atoms in total. The number of benzene rings is 2. The number of hydrogen-bond donors (Lipinski definition) is 3. The SMILES string of the molecule is CC(NC1(CN=C(N)Nc2ccc3c(c2)CCC3)CCOCC1)c1ccccc1. The van der Waals surface area contributed by atoms with Crippen LogP contribution in [0.2, 0.25) is 0 Å². The van der Waals surface area contributed by atoms with Gasteiger partial charge in [0.2, 0.25) is 0 Å². The van der Waals surface area contributed by atoms with Crippen LogP contribution in [-0.4, -0.2) is 31.3 Å². The third-order valence-corrected chi connectivity index (χ3v) is 6.20. The van der Waals surface area contributed by atoms with Gasteiger partial charge in [-0.25, -0.2) is 0 Å².